The van der Waals surface area contributed by atoms with Gasteiger partial charge in [0, 0.05) is 13.1 Å². The van der Waals surface area contributed by atoms with E-state index in [4.69, 9.17) is 5.11 Å². The Balaban J connectivity index is 0.00000256. The molecule has 0 heterocycles. The Kier molecular flexibility index (Phi) is 6.80. The molecular weight excluding hydrogens is 240 g/mol. The molecule has 0 saturated carbocycles. The summed E-state index contributed by atoms with van der Waals surface area (Å²) in [5, 5.41) is 8.89. The molecule has 1 aromatic carbocycles. The van der Waals surface area contributed by atoms with Gasteiger partial charge in [0.05, 0.1) is 5.41 Å². The van der Waals surface area contributed by atoms with E-state index in [2.05, 4.69) is 10.9 Å². The minimum Gasteiger partial charge on any atom is -0.481 e. The topological polar surface area (TPSA) is 61.4 Å². The highest BCUT2D eigenvalue weighted by molar-refractivity contribution is 5.85. The van der Waals surface area contributed by atoms with Gasteiger partial charge in [-0.3, -0.25) is 15.6 Å². The van der Waals surface area contributed by atoms with Crippen molar-refractivity contribution in [2.75, 3.05) is 6.54 Å². The quantitative estimate of drug-likeness (QED) is 0.538. The molecule has 96 valence electrons. The Morgan fingerprint density at radius 1 is 1.24 bits per heavy atom. The molecule has 0 saturated heterocycles. The SMILES string of the molecule is CC(C)(CNNCc1ccccc1)C(=O)O.Cl. The summed E-state index contributed by atoms with van der Waals surface area (Å²) in [5.41, 5.74) is 6.32. The standard InChI is InChI=1S/C12H18N2O2.ClH/c1-12(2,11(15)16)9-14-13-8-10-6-4-3-5-7-10;/h3-7,13-14H,8-9H2,1-2H3,(H,15,16);1H. The van der Waals surface area contributed by atoms with Crippen LogP contribution in [0.1, 0.15) is 19.4 Å². The average molecular weight is 259 g/mol. The highest BCUT2D eigenvalue weighted by atomic mass is 35.5. The Labute approximate surface area is 108 Å². The lowest BCUT2D eigenvalue weighted by Crippen LogP contribution is -2.42. The van der Waals surface area contributed by atoms with Crippen molar-refractivity contribution in [2.24, 2.45) is 5.41 Å². The first-order chi connectivity index (χ1) is 7.52. The summed E-state index contributed by atoms with van der Waals surface area (Å²) in [6, 6.07) is 9.93. The van der Waals surface area contributed by atoms with Gasteiger partial charge in [-0.1, -0.05) is 30.3 Å². The molecule has 0 aliphatic heterocycles. The second kappa shape index (κ2) is 7.27. The van der Waals surface area contributed by atoms with Crippen LogP contribution < -0.4 is 10.9 Å². The first-order valence-corrected chi connectivity index (χ1v) is 5.25. The molecule has 17 heavy (non-hydrogen) atoms. The van der Waals surface area contributed by atoms with E-state index in [0.717, 1.165) is 5.56 Å². The molecule has 0 aromatic heterocycles. The third-order valence-corrected chi connectivity index (χ3v) is 2.37. The van der Waals surface area contributed by atoms with Crippen LogP contribution >= 0.6 is 12.4 Å². The Bertz CT molecular complexity index is 342. The molecule has 4 nitrogen and oxygen atoms in total. The third-order valence-electron chi connectivity index (χ3n) is 2.37. The largest absolute Gasteiger partial charge is 0.481 e. The average Bonchev–Trinajstić information content (AvgIpc) is 2.26. The highest BCUT2D eigenvalue weighted by Crippen LogP contribution is 2.12. The van der Waals surface area contributed by atoms with Crippen molar-refractivity contribution in [1.82, 2.24) is 10.9 Å². The second-order valence-electron chi connectivity index (χ2n) is 4.38. The first-order valence-electron chi connectivity index (χ1n) is 5.25. The fraction of sp³-hybridized carbons (Fsp3) is 0.417. The normalized spacial score (nSPS) is 10.7. The summed E-state index contributed by atoms with van der Waals surface area (Å²) >= 11 is 0. The van der Waals surface area contributed by atoms with E-state index >= 15 is 0 Å². The lowest BCUT2D eigenvalue weighted by molar-refractivity contribution is -0.146. The van der Waals surface area contributed by atoms with Crippen LogP contribution in [0.4, 0.5) is 0 Å². The van der Waals surface area contributed by atoms with Gasteiger partial charge in [0.1, 0.15) is 0 Å². The van der Waals surface area contributed by atoms with E-state index in [-0.39, 0.29) is 12.4 Å². The van der Waals surface area contributed by atoms with Crippen molar-refractivity contribution >= 4 is 18.4 Å². The molecule has 0 atom stereocenters. The molecule has 0 aliphatic rings. The van der Waals surface area contributed by atoms with Gasteiger partial charge >= 0.3 is 5.97 Å². The number of hydrazine groups is 1. The molecule has 0 unspecified atom stereocenters. The summed E-state index contributed by atoms with van der Waals surface area (Å²) in [6.07, 6.45) is 0. The van der Waals surface area contributed by atoms with E-state index < -0.39 is 11.4 Å². The number of carbonyl (C=O) groups is 1. The lowest BCUT2D eigenvalue weighted by atomic mass is 9.94. The number of carboxylic acid groups (broad SMARTS) is 1. The van der Waals surface area contributed by atoms with Gasteiger partial charge in [0.2, 0.25) is 0 Å². The molecule has 1 aromatic rings. The predicted octanol–water partition coefficient (Wildman–Crippen LogP) is 1.81. The van der Waals surface area contributed by atoms with Gasteiger partial charge in [-0.05, 0) is 19.4 Å². The number of benzene rings is 1. The van der Waals surface area contributed by atoms with Gasteiger partial charge in [-0.15, -0.1) is 12.4 Å². The minimum atomic E-state index is -0.804. The third kappa shape index (κ3) is 5.68. The molecule has 0 amide bonds. The van der Waals surface area contributed by atoms with E-state index in [1.165, 1.54) is 0 Å². The molecule has 1 rings (SSSR count). The van der Waals surface area contributed by atoms with Crippen molar-refractivity contribution in [3.63, 3.8) is 0 Å². The maximum absolute atomic E-state index is 10.8. The molecule has 3 N–H and O–H groups in total. The van der Waals surface area contributed by atoms with Gasteiger partial charge in [-0.2, -0.15) is 0 Å². The lowest BCUT2D eigenvalue weighted by Gasteiger charge is -2.19. The number of hydrogen-bond acceptors (Lipinski definition) is 3. The summed E-state index contributed by atoms with van der Waals surface area (Å²) in [7, 11) is 0. The van der Waals surface area contributed by atoms with Crippen molar-refractivity contribution in [3.8, 4) is 0 Å². The summed E-state index contributed by atoms with van der Waals surface area (Å²) in [6.45, 7) is 4.44. The zero-order valence-corrected chi connectivity index (χ0v) is 10.9. The van der Waals surface area contributed by atoms with Crippen LogP contribution in [0, 0.1) is 5.41 Å². The van der Waals surface area contributed by atoms with Gasteiger partial charge in [0.15, 0.2) is 0 Å². The fourth-order valence-corrected chi connectivity index (χ4v) is 1.12. The maximum Gasteiger partial charge on any atom is 0.310 e. The molecule has 5 heteroatoms. The molecule has 0 spiro atoms. The van der Waals surface area contributed by atoms with E-state index in [1.54, 1.807) is 13.8 Å². The Morgan fingerprint density at radius 3 is 2.35 bits per heavy atom. The fourth-order valence-electron chi connectivity index (χ4n) is 1.12. The van der Waals surface area contributed by atoms with Crippen molar-refractivity contribution < 1.29 is 9.90 Å². The second-order valence-corrected chi connectivity index (χ2v) is 4.38. The predicted molar refractivity (Wildman–Crippen MR) is 69.9 cm³/mol. The number of aliphatic carboxylic acids is 1. The number of halogens is 1. The van der Waals surface area contributed by atoms with Crippen LogP contribution in [0.3, 0.4) is 0 Å². The number of hydrogen-bond donors (Lipinski definition) is 3. The number of rotatable bonds is 6. The molecule has 0 fully saturated rings. The molecule has 0 aliphatic carbocycles. The van der Waals surface area contributed by atoms with Gasteiger partial charge in [-0.25, -0.2) is 0 Å². The van der Waals surface area contributed by atoms with Crippen molar-refractivity contribution in [1.29, 1.82) is 0 Å². The van der Waals surface area contributed by atoms with E-state index in [1.807, 2.05) is 30.3 Å². The van der Waals surface area contributed by atoms with Crippen molar-refractivity contribution in [2.45, 2.75) is 20.4 Å². The minimum absolute atomic E-state index is 0. The molecule has 0 bridgehead atoms. The first kappa shape index (κ1) is 15.9. The van der Waals surface area contributed by atoms with Crippen LogP contribution in [0.15, 0.2) is 30.3 Å². The number of nitrogens with one attached hydrogen (secondary N) is 2. The van der Waals surface area contributed by atoms with Gasteiger partial charge < -0.3 is 5.11 Å². The molecular formula is C12H19ClN2O2. The maximum atomic E-state index is 10.8. The van der Waals surface area contributed by atoms with Crippen LogP contribution in [0.2, 0.25) is 0 Å². The van der Waals surface area contributed by atoms with Crippen LogP contribution in [0.5, 0.6) is 0 Å². The zero-order valence-electron chi connectivity index (χ0n) is 10.1. The highest BCUT2D eigenvalue weighted by Gasteiger charge is 2.26. The van der Waals surface area contributed by atoms with Crippen LogP contribution in [-0.2, 0) is 11.3 Å². The number of carboxylic acids is 1. The van der Waals surface area contributed by atoms with Crippen LogP contribution in [-0.4, -0.2) is 17.6 Å². The smallest absolute Gasteiger partial charge is 0.310 e. The zero-order chi connectivity index (χ0) is 12.0. The van der Waals surface area contributed by atoms with E-state index in [9.17, 15) is 4.79 Å². The molecule has 0 radical (unpaired) electrons. The van der Waals surface area contributed by atoms with Crippen molar-refractivity contribution in [3.05, 3.63) is 35.9 Å². The summed E-state index contributed by atoms with van der Waals surface area (Å²) < 4.78 is 0. The summed E-state index contributed by atoms with van der Waals surface area (Å²) in [4.78, 5) is 10.8. The van der Waals surface area contributed by atoms with E-state index in [0.29, 0.717) is 13.1 Å². The monoisotopic (exact) mass is 258 g/mol. The summed E-state index contributed by atoms with van der Waals surface area (Å²) in [5.74, 6) is -0.804. The Morgan fingerprint density at radius 2 is 1.82 bits per heavy atom. The van der Waals surface area contributed by atoms with Gasteiger partial charge in [0.25, 0.3) is 0 Å². The Hall–Kier alpha value is -1.10. The van der Waals surface area contributed by atoms with Crippen LogP contribution in [0.25, 0.3) is 0 Å².